The van der Waals surface area contributed by atoms with Crippen LogP contribution in [0.25, 0.3) is 11.0 Å². The largest absolute Gasteiger partial charge is 0.493 e. The van der Waals surface area contributed by atoms with E-state index < -0.39 is 11.6 Å². The second-order valence-electron chi connectivity index (χ2n) is 5.95. The molecule has 3 aromatic rings. The molecule has 0 saturated heterocycles. The van der Waals surface area contributed by atoms with E-state index in [1.807, 2.05) is 6.07 Å². The van der Waals surface area contributed by atoms with Gasteiger partial charge < -0.3 is 23.5 Å². The highest BCUT2D eigenvalue weighted by atomic mass is 16.7. The van der Waals surface area contributed by atoms with Crippen molar-refractivity contribution in [1.82, 2.24) is 0 Å². The molecule has 0 bridgehead atoms. The molecule has 0 amide bonds. The van der Waals surface area contributed by atoms with E-state index in [1.54, 1.807) is 31.2 Å². The molecule has 0 aliphatic rings. The van der Waals surface area contributed by atoms with Crippen LogP contribution in [0.15, 0.2) is 56.8 Å². The number of ether oxygens (including phenoxy) is 3. The molecule has 0 N–H and O–H groups in total. The van der Waals surface area contributed by atoms with Gasteiger partial charge in [0.25, 0.3) is 0 Å². The van der Waals surface area contributed by atoms with Gasteiger partial charge in [0.2, 0.25) is 5.75 Å². The Morgan fingerprint density at radius 1 is 0.966 bits per heavy atom. The van der Waals surface area contributed by atoms with Crippen molar-refractivity contribution >= 4 is 22.7 Å². The average molecular weight is 397 g/mol. The van der Waals surface area contributed by atoms with Gasteiger partial charge in [-0.2, -0.15) is 0 Å². The van der Waals surface area contributed by atoms with Crippen molar-refractivity contribution in [2.24, 2.45) is 5.16 Å². The molecule has 3 rings (SSSR count). The predicted molar refractivity (Wildman–Crippen MR) is 106 cm³/mol. The molecular formula is C21H19NO7. The smallest absolute Gasteiger partial charge is 0.366 e. The zero-order valence-electron chi connectivity index (χ0n) is 16.3. The third-order valence-corrected chi connectivity index (χ3v) is 4.20. The highest BCUT2D eigenvalue weighted by Crippen LogP contribution is 2.38. The molecule has 1 aromatic heterocycles. The van der Waals surface area contributed by atoms with E-state index in [9.17, 15) is 9.59 Å². The van der Waals surface area contributed by atoms with Crippen molar-refractivity contribution in [2.75, 3.05) is 21.3 Å². The summed E-state index contributed by atoms with van der Waals surface area (Å²) in [6.45, 7) is 1.55. The van der Waals surface area contributed by atoms with Crippen LogP contribution in [0, 0.1) is 0 Å². The molecule has 0 saturated carbocycles. The molecule has 0 fully saturated rings. The van der Waals surface area contributed by atoms with Gasteiger partial charge in [-0.1, -0.05) is 23.4 Å². The second kappa shape index (κ2) is 8.47. The Hall–Kier alpha value is -3.81. The molecule has 0 unspecified atom stereocenters. The summed E-state index contributed by atoms with van der Waals surface area (Å²) in [5.74, 6) is 0.193. The van der Waals surface area contributed by atoms with E-state index in [-0.39, 0.29) is 16.8 Å². The maximum absolute atomic E-state index is 12.4. The molecule has 0 spiro atoms. The number of carbonyl (C=O) groups is 1. The summed E-state index contributed by atoms with van der Waals surface area (Å²) in [5.41, 5.74) is 0.422. The average Bonchev–Trinajstić information content (AvgIpc) is 2.75. The molecule has 29 heavy (non-hydrogen) atoms. The van der Waals surface area contributed by atoms with Gasteiger partial charge in [0, 0.05) is 5.39 Å². The van der Waals surface area contributed by atoms with E-state index in [4.69, 9.17) is 23.5 Å². The van der Waals surface area contributed by atoms with Crippen LogP contribution in [0.1, 0.15) is 22.8 Å². The summed E-state index contributed by atoms with van der Waals surface area (Å²) in [5, 5.41) is 4.52. The van der Waals surface area contributed by atoms with E-state index in [1.165, 1.54) is 33.5 Å². The van der Waals surface area contributed by atoms with Crippen molar-refractivity contribution in [1.29, 1.82) is 0 Å². The lowest BCUT2D eigenvalue weighted by Gasteiger charge is -2.13. The van der Waals surface area contributed by atoms with E-state index in [0.717, 1.165) is 5.39 Å². The van der Waals surface area contributed by atoms with Crippen molar-refractivity contribution in [3.63, 3.8) is 0 Å². The normalized spacial score (nSPS) is 11.2. The number of fused-ring (bicyclic) bond motifs is 1. The number of benzene rings is 2. The summed E-state index contributed by atoms with van der Waals surface area (Å²) >= 11 is 0. The van der Waals surface area contributed by atoms with Crippen LogP contribution in [0.4, 0.5) is 0 Å². The van der Waals surface area contributed by atoms with Crippen molar-refractivity contribution in [2.45, 2.75) is 6.92 Å². The summed E-state index contributed by atoms with van der Waals surface area (Å²) < 4.78 is 20.9. The molecule has 0 aliphatic carbocycles. The zero-order chi connectivity index (χ0) is 21.0. The van der Waals surface area contributed by atoms with Gasteiger partial charge in [-0.25, -0.2) is 9.59 Å². The Morgan fingerprint density at radius 3 is 2.24 bits per heavy atom. The molecule has 1 heterocycles. The van der Waals surface area contributed by atoms with Crippen LogP contribution in [-0.2, 0) is 4.84 Å². The maximum atomic E-state index is 12.4. The molecule has 150 valence electrons. The van der Waals surface area contributed by atoms with Crippen molar-refractivity contribution in [3.8, 4) is 17.2 Å². The quantitative estimate of drug-likeness (QED) is 0.272. The van der Waals surface area contributed by atoms with Gasteiger partial charge >= 0.3 is 11.6 Å². The highest BCUT2D eigenvalue weighted by molar-refractivity contribution is 6.01. The van der Waals surface area contributed by atoms with E-state index in [0.29, 0.717) is 22.8 Å². The van der Waals surface area contributed by atoms with Gasteiger partial charge in [-0.05, 0) is 31.2 Å². The Balaban J connectivity index is 1.89. The number of hydrogen-bond donors (Lipinski definition) is 0. The van der Waals surface area contributed by atoms with Crippen LogP contribution >= 0.6 is 0 Å². The summed E-state index contributed by atoms with van der Waals surface area (Å²) in [6.07, 6.45) is 0. The fourth-order valence-electron chi connectivity index (χ4n) is 2.72. The van der Waals surface area contributed by atoms with Crippen molar-refractivity contribution in [3.05, 3.63) is 64.0 Å². The van der Waals surface area contributed by atoms with E-state index >= 15 is 0 Å². The third kappa shape index (κ3) is 4.06. The van der Waals surface area contributed by atoms with Crippen molar-refractivity contribution < 1.29 is 28.3 Å². The minimum Gasteiger partial charge on any atom is -0.493 e. The van der Waals surface area contributed by atoms with Gasteiger partial charge in [-0.3, -0.25) is 0 Å². The van der Waals surface area contributed by atoms with Gasteiger partial charge in [0.05, 0.1) is 38.2 Å². The third-order valence-electron chi connectivity index (χ3n) is 4.20. The molecule has 0 atom stereocenters. The molecule has 0 aliphatic heterocycles. The lowest BCUT2D eigenvalue weighted by Crippen LogP contribution is -2.13. The second-order valence-corrected chi connectivity index (χ2v) is 5.95. The number of methoxy groups -OCH3 is 3. The highest BCUT2D eigenvalue weighted by Gasteiger charge is 2.18. The van der Waals surface area contributed by atoms with Crippen LogP contribution in [0.2, 0.25) is 0 Å². The molecule has 8 heteroatoms. The first-order valence-corrected chi connectivity index (χ1v) is 8.57. The fraction of sp³-hybridized carbons (Fsp3) is 0.190. The summed E-state index contributed by atoms with van der Waals surface area (Å²) in [6, 6.07) is 11.6. The minimum atomic E-state index is -0.756. The monoisotopic (exact) mass is 397 g/mol. The number of rotatable bonds is 6. The van der Waals surface area contributed by atoms with Crippen LogP contribution in [0.5, 0.6) is 17.2 Å². The van der Waals surface area contributed by atoms with Gasteiger partial charge in [0.1, 0.15) is 5.58 Å². The van der Waals surface area contributed by atoms with Crippen LogP contribution in [-0.4, -0.2) is 33.0 Å². The lowest BCUT2D eigenvalue weighted by molar-refractivity contribution is 0.0515. The molecular weight excluding hydrogens is 378 g/mol. The maximum Gasteiger partial charge on any atom is 0.366 e. The topological polar surface area (TPSA) is 96.6 Å². The number of para-hydroxylation sites is 1. The number of hydrogen-bond acceptors (Lipinski definition) is 8. The molecule has 8 nitrogen and oxygen atoms in total. The number of oxime groups is 1. The number of carbonyl (C=O) groups excluding carboxylic acids is 1. The Morgan fingerprint density at radius 2 is 1.62 bits per heavy atom. The first-order chi connectivity index (χ1) is 14.0. The summed E-state index contributed by atoms with van der Waals surface area (Å²) in [7, 11) is 4.34. The Labute approximate surface area is 166 Å². The zero-order valence-corrected chi connectivity index (χ0v) is 16.3. The van der Waals surface area contributed by atoms with Gasteiger partial charge in [-0.15, -0.1) is 0 Å². The van der Waals surface area contributed by atoms with Gasteiger partial charge in [0.15, 0.2) is 11.5 Å². The summed E-state index contributed by atoms with van der Waals surface area (Å²) in [4.78, 5) is 29.6. The standard InChI is InChI=1S/C21H19NO7/c1-12(15-9-13-7-5-6-8-16(13)28-21(15)24)22-29-20(23)14-10-17(25-2)19(27-4)18(11-14)26-3/h5-11H,1-4H3/b22-12+. The molecule has 0 radical (unpaired) electrons. The minimum absolute atomic E-state index is 0.140. The lowest BCUT2D eigenvalue weighted by atomic mass is 10.1. The van der Waals surface area contributed by atoms with Crippen LogP contribution < -0.4 is 19.8 Å². The predicted octanol–water partition coefficient (Wildman–Crippen LogP) is 3.40. The first kappa shape index (κ1) is 19.9. The van der Waals surface area contributed by atoms with Crippen LogP contribution in [0.3, 0.4) is 0 Å². The molecule has 2 aromatic carbocycles. The number of nitrogens with zero attached hydrogens (tertiary/aromatic N) is 1. The fourth-order valence-corrected chi connectivity index (χ4v) is 2.72. The SMILES string of the molecule is COc1cc(C(=O)O/N=C(\C)c2cc3ccccc3oc2=O)cc(OC)c1OC. The Kier molecular flexibility index (Phi) is 5.82. The Bertz CT molecular complexity index is 1120. The van der Waals surface area contributed by atoms with E-state index in [2.05, 4.69) is 5.16 Å². The first-order valence-electron chi connectivity index (χ1n) is 8.57.